The molecule has 0 saturated heterocycles. The minimum atomic E-state index is -3.27. The fourth-order valence-electron chi connectivity index (χ4n) is 2.51. The van der Waals surface area contributed by atoms with E-state index < -0.39 is 15.9 Å². The van der Waals surface area contributed by atoms with Crippen LogP contribution in [0, 0.1) is 0 Å². The number of sulfone groups is 1. The van der Waals surface area contributed by atoms with Gasteiger partial charge in [-0.15, -0.1) is 0 Å². The van der Waals surface area contributed by atoms with Gasteiger partial charge in [0, 0.05) is 25.6 Å². The Balaban J connectivity index is 2.01. The summed E-state index contributed by atoms with van der Waals surface area (Å²) in [5.74, 6) is -0.345. The zero-order valence-corrected chi connectivity index (χ0v) is 16.4. The van der Waals surface area contributed by atoms with Gasteiger partial charge in [-0.2, -0.15) is 0 Å². The number of carbonyl (C=O) groups is 1. The molecule has 0 saturated carbocycles. The van der Waals surface area contributed by atoms with E-state index >= 15 is 0 Å². The fraction of sp³-hybridized carbons (Fsp3) is 0.118. The van der Waals surface area contributed by atoms with Crippen molar-refractivity contribution in [3.05, 3.63) is 74.5 Å². The number of rotatable bonds is 3. The number of anilines is 1. The molecule has 0 radical (unpaired) electrons. The van der Waals surface area contributed by atoms with Gasteiger partial charge in [-0.1, -0.05) is 31.9 Å². The third-order valence-electron chi connectivity index (χ3n) is 3.66. The molecule has 124 valence electrons. The summed E-state index contributed by atoms with van der Waals surface area (Å²) in [6, 6.07) is 13.7. The molecule has 1 atom stereocenters. The molecule has 3 rings (SSSR count). The first kappa shape index (κ1) is 17.4. The van der Waals surface area contributed by atoms with Gasteiger partial charge in [0.2, 0.25) is 0 Å². The van der Waals surface area contributed by atoms with Crippen LogP contribution in [0.4, 0.5) is 5.69 Å². The minimum absolute atomic E-state index is 0.106. The van der Waals surface area contributed by atoms with Crippen molar-refractivity contribution >= 4 is 53.3 Å². The zero-order valence-electron chi connectivity index (χ0n) is 12.4. The van der Waals surface area contributed by atoms with E-state index in [1.807, 2.05) is 12.1 Å². The van der Waals surface area contributed by atoms with E-state index in [2.05, 4.69) is 31.9 Å². The van der Waals surface area contributed by atoms with Crippen LogP contribution in [0.2, 0.25) is 0 Å². The molecule has 1 unspecified atom stereocenters. The van der Waals surface area contributed by atoms with Crippen LogP contribution in [0.15, 0.2) is 69.0 Å². The molecule has 7 heteroatoms. The summed E-state index contributed by atoms with van der Waals surface area (Å²) >= 11 is 6.71. The summed E-state index contributed by atoms with van der Waals surface area (Å²) in [6.07, 6.45) is 1.56. The number of benzene rings is 2. The quantitative estimate of drug-likeness (QED) is 0.676. The molecule has 0 bridgehead atoms. The highest BCUT2D eigenvalue weighted by Gasteiger charge is 2.31. The summed E-state index contributed by atoms with van der Waals surface area (Å²) in [5, 5.41) is 1.18. The van der Waals surface area contributed by atoms with E-state index in [1.54, 1.807) is 42.5 Å². The van der Waals surface area contributed by atoms with Gasteiger partial charge < -0.3 is 4.90 Å². The lowest BCUT2D eigenvalue weighted by molar-refractivity contribution is 0.0983. The molecule has 24 heavy (non-hydrogen) atoms. The Bertz CT molecular complexity index is 890. The number of carbonyl (C=O) groups excluding carboxylic acids is 1. The molecule has 1 aliphatic rings. The maximum atomic E-state index is 13.0. The molecule has 2 aromatic carbocycles. The van der Waals surface area contributed by atoms with Gasteiger partial charge in [0.1, 0.15) is 0 Å². The number of amides is 1. The molecule has 1 aliphatic heterocycles. The predicted molar refractivity (Wildman–Crippen MR) is 102 cm³/mol. The molecule has 0 spiro atoms. The highest BCUT2D eigenvalue weighted by molar-refractivity contribution is 9.10. The standard InChI is InChI=1S/C17H13Br2NO3S/c18-13-3-1-12(2-4-13)17(21)20(15-7-5-14(19)6-8-15)16-9-10-24(22,23)11-16/h1-10,16H,11H2. The van der Waals surface area contributed by atoms with Crippen molar-refractivity contribution in [1.29, 1.82) is 0 Å². The molecule has 4 nitrogen and oxygen atoms in total. The van der Waals surface area contributed by atoms with Crippen molar-refractivity contribution in [2.75, 3.05) is 10.7 Å². The second kappa shape index (κ2) is 6.82. The third-order valence-corrected chi connectivity index (χ3v) is 6.09. The summed E-state index contributed by atoms with van der Waals surface area (Å²) in [7, 11) is -3.27. The Morgan fingerprint density at radius 3 is 2.00 bits per heavy atom. The number of halogens is 2. The molecule has 0 aliphatic carbocycles. The second-order valence-corrected chi connectivity index (χ2v) is 9.15. The summed E-state index contributed by atoms with van der Waals surface area (Å²) in [5.41, 5.74) is 1.15. The molecule has 1 amide bonds. The number of hydrogen-bond acceptors (Lipinski definition) is 3. The second-order valence-electron chi connectivity index (χ2n) is 5.38. The van der Waals surface area contributed by atoms with Crippen LogP contribution in [-0.2, 0) is 9.84 Å². The predicted octanol–water partition coefficient (Wildman–Crippen LogP) is 4.17. The van der Waals surface area contributed by atoms with Crippen molar-refractivity contribution in [3.8, 4) is 0 Å². The number of hydrogen-bond donors (Lipinski definition) is 0. The molecular formula is C17H13Br2NO3S. The Kier molecular flexibility index (Phi) is 4.94. The highest BCUT2D eigenvalue weighted by Crippen LogP contribution is 2.26. The lowest BCUT2D eigenvalue weighted by Crippen LogP contribution is -2.41. The fourth-order valence-corrected chi connectivity index (χ4v) is 4.31. The van der Waals surface area contributed by atoms with Crippen molar-refractivity contribution < 1.29 is 13.2 Å². The Hall–Kier alpha value is -1.44. The van der Waals surface area contributed by atoms with Crippen molar-refractivity contribution in [1.82, 2.24) is 0 Å². The van der Waals surface area contributed by atoms with E-state index in [0.29, 0.717) is 11.3 Å². The highest BCUT2D eigenvalue weighted by atomic mass is 79.9. The van der Waals surface area contributed by atoms with Crippen molar-refractivity contribution in [2.24, 2.45) is 0 Å². The van der Waals surface area contributed by atoms with Crippen molar-refractivity contribution in [3.63, 3.8) is 0 Å². The van der Waals surface area contributed by atoms with E-state index in [0.717, 1.165) is 8.95 Å². The van der Waals surface area contributed by atoms with E-state index in [4.69, 9.17) is 0 Å². The van der Waals surface area contributed by atoms with Crippen LogP contribution in [0.3, 0.4) is 0 Å². The average molecular weight is 471 g/mol. The lowest BCUT2D eigenvalue weighted by Gasteiger charge is -2.28. The Morgan fingerprint density at radius 1 is 0.958 bits per heavy atom. The topological polar surface area (TPSA) is 54.5 Å². The molecule has 2 aromatic rings. The summed E-state index contributed by atoms with van der Waals surface area (Å²) in [4.78, 5) is 14.5. The first-order valence-corrected chi connectivity index (χ1v) is 10.4. The summed E-state index contributed by atoms with van der Waals surface area (Å²) in [6.45, 7) is 0. The van der Waals surface area contributed by atoms with Crippen molar-refractivity contribution in [2.45, 2.75) is 6.04 Å². The molecule has 0 N–H and O–H groups in total. The van der Waals surface area contributed by atoms with E-state index in [9.17, 15) is 13.2 Å². The third kappa shape index (κ3) is 3.79. The molecule has 0 fully saturated rings. The molecule has 0 aromatic heterocycles. The van der Waals surface area contributed by atoms with Gasteiger partial charge in [0.25, 0.3) is 5.91 Å². The van der Waals surface area contributed by atoms with Gasteiger partial charge >= 0.3 is 0 Å². The monoisotopic (exact) mass is 469 g/mol. The smallest absolute Gasteiger partial charge is 0.258 e. The average Bonchev–Trinajstić information content (AvgIpc) is 2.90. The largest absolute Gasteiger partial charge is 0.300 e. The first-order chi connectivity index (χ1) is 11.4. The molecule has 1 heterocycles. The van der Waals surface area contributed by atoms with Crippen LogP contribution in [0.5, 0.6) is 0 Å². The lowest BCUT2D eigenvalue weighted by atomic mass is 10.1. The van der Waals surface area contributed by atoms with Crippen LogP contribution < -0.4 is 4.90 Å². The maximum absolute atomic E-state index is 13.0. The minimum Gasteiger partial charge on any atom is -0.300 e. The van der Waals surface area contributed by atoms with Gasteiger partial charge in [-0.05, 0) is 54.6 Å². The number of nitrogens with zero attached hydrogens (tertiary/aromatic N) is 1. The molecular weight excluding hydrogens is 458 g/mol. The van der Waals surface area contributed by atoms with Crippen LogP contribution in [0.1, 0.15) is 10.4 Å². The van der Waals surface area contributed by atoms with Crippen LogP contribution in [-0.4, -0.2) is 26.1 Å². The van der Waals surface area contributed by atoms with Crippen LogP contribution >= 0.6 is 31.9 Å². The van der Waals surface area contributed by atoms with Gasteiger partial charge in [-0.25, -0.2) is 8.42 Å². The van der Waals surface area contributed by atoms with E-state index in [1.165, 1.54) is 10.3 Å². The van der Waals surface area contributed by atoms with Gasteiger partial charge in [-0.3, -0.25) is 4.79 Å². The zero-order chi connectivity index (χ0) is 17.3. The maximum Gasteiger partial charge on any atom is 0.258 e. The summed E-state index contributed by atoms with van der Waals surface area (Å²) < 4.78 is 25.4. The normalized spacial score (nSPS) is 18.5. The van der Waals surface area contributed by atoms with Crippen LogP contribution in [0.25, 0.3) is 0 Å². The first-order valence-electron chi connectivity index (χ1n) is 7.11. The van der Waals surface area contributed by atoms with Gasteiger partial charge in [0.15, 0.2) is 9.84 Å². The van der Waals surface area contributed by atoms with E-state index in [-0.39, 0.29) is 11.7 Å². The Labute approximate surface area is 157 Å². The SMILES string of the molecule is O=C(c1ccc(Br)cc1)N(c1ccc(Br)cc1)C1C=CS(=O)(=O)C1. The van der Waals surface area contributed by atoms with Gasteiger partial charge in [0.05, 0.1) is 11.8 Å². The Morgan fingerprint density at radius 2 is 1.50 bits per heavy atom.